The maximum absolute atomic E-state index is 13.3. The van der Waals surface area contributed by atoms with Crippen LogP contribution in [0.25, 0.3) is 0 Å². The van der Waals surface area contributed by atoms with E-state index in [9.17, 15) is 14.0 Å². The second-order valence-corrected chi connectivity index (χ2v) is 6.13. The van der Waals surface area contributed by atoms with Crippen LogP contribution in [-0.4, -0.2) is 18.4 Å². The Balaban J connectivity index is 2.16. The van der Waals surface area contributed by atoms with Crippen LogP contribution >= 0.6 is 34.8 Å². The van der Waals surface area contributed by atoms with Crippen LogP contribution in [-0.2, 0) is 9.59 Å². The molecule has 0 radical (unpaired) electrons. The molecule has 0 atom stereocenters. The molecule has 0 aliphatic carbocycles. The van der Waals surface area contributed by atoms with Crippen molar-refractivity contribution in [3.8, 4) is 0 Å². The molecule has 0 spiro atoms. The van der Waals surface area contributed by atoms with Gasteiger partial charge in [-0.3, -0.25) is 9.59 Å². The summed E-state index contributed by atoms with van der Waals surface area (Å²) in [4.78, 5) is 25.2. The molecule has 0 aliphatic heterocycles. The SMILES string of the molecule is CC(=O)N(CC(=O)Nc1ccc(Cl)cc1Cl)c1ccc(F)c(Cl)c1. The Morgan fingerprint density at radius 2 is 1.79 bits per heavy atom. The molecular formula is C16H12Cl3FN2O2. The molecule has 0 aliphatic rings. The molecule has 8 heteroatoms. The molecular weight excluding hydrogens is 378 g/mol. The van der Waals surface area contributed by atoms with Gasteiger partial charge in [-0.15, -0.1) is 0 Å². The lowest BCUT2D eigenvalue weighted by Crippen LogP contribution is -2.36. The van der Waals surface area contributed by atoms with E-state index in [2.05, 4.69) is 5.32 Å². The van der Waals surface area contributed by atoms with Gasteiger partial charge in [0.05, 0.1) is 15.7 Å². The monoisotopic (exact) mass is 388 g/mol. The van der Waals surface area contributed by atoms with Crippen LogP contribution in [0.2, 0.25) is 15.1 Å². The van der Waals surface area contributed by atoms with Crippen LogP contribution in [0, 0.1) is 5.82 Å². The number of amides is 2. The summed E-state index contributed by atoms with van der Waals surface area (Å²) in [5.74, 6) is -1.48. The van der Waals surface area contributed by atoms with Crippen molar-refractivity contribution in [1.82, 2.24) is 0 Å². The first kappa shape index (κ1) is 18.5. The lowest BCUT2D eigenvalue weighted by molar-refractivity contribution is -0.120. The van der Waals surface area contributed by atoms with Crippen LogP contribution in [0.15, 0.2) is 36.4 Å². The van der Waals surface area contributed by atoms with Crippen LogP contribution in [0.1, 0.15) is 6.92 Å². The number of nitrogens with zero attached hydrogens (tertiary/aromatic N) is 1. The third-order valence-corrected chi connectivity index (χ3v) is 3.94. The first-order valence-electron chi connectivity index (χ1n) is 6.76. The fourth-order valence-electron chi connectivity index (χ4n) is 1.96. The highest BCUT2D eigenvalue weighted by atomic mass is 35.5. The van der Waals surface area contributed by atoms with E-state index >= 15 is 0 Å². The number of carbonyl (C=O) groups is 2. The second-order valence-electron chi connectivity index (χ2n) is 4.88. The quantitative estimate of drug-likeness (QED) is 0.818. The van der Waals surface area contributed by atoms with Crippen molar-refractivity contribution in [2.24, 2.45) is 0 Å². The van der Waals surface area contributed by atoms with E-state index in [0.29, 0.717) is 16.4 Å². The van der Waals surface area contributed by atoms with Crippen LogP contribution in [0.5, 0.6) is 0 Å². The number of anilines is 2. The number of nitrogens with one attached hydrogen (secondary N) is 1. The lowest BCUT2D eigenvalue weighted by atomic mass is 10.2. The van der Waals surface area contributed by atoms with E-state index in [1.165, 1.54) is 30.0 Å². The van der Waals surface area contributed by atoms with Crippen molar-refractivity contribution >= 4 is 58.0 Å². The van der Waals surface area contributed by atoms with E-state index < -0.39 is 17.6 Å². The maximum Gasteiger partial charge on any atom is 0.244 e. The predicted molar refractivity (Wildman–Crippen MR) is 94.5 cm³/mol. The lowest BCUT2D eigenvalue weighted by Gasteiger charge is -2.21. The average molecular weight is 390 g/mol. The van der Waals surface area contributed by atoms with E-state index in [-0.39, 0.29) is 16.6 Å². The van der Waals surface area contributed by atoms with E-state index in [1.54, 1.807) is 12.1 Å². The summed E-state index contributed by atoms with van der Waals surface area (Å²) < 4.78 is 13.3. The summed E-state index contributed by atoms with van der Waals surface area (Å²) in [7, 11) is 0. The minimum absolute atomic E-state index is 0.139. The van der Waals surface area contributed by atoms with Crippen molar-refractivity contribution in [2.75, 3.05) is 16.8 Å². The Morgan fingerprint density at radius 1 is 1.08 bits per heavy atom. The number of halogens is 4. The first-order chi connectivity index (χ1) is 11.3. The minimum atomic E-state index is -0.610. The smallest absolute Gasteiger partial charge is 0.244 e. The Labute approximate surface area is 153 Å². The number of carbonyl (C=O) groups excluding carboxylic acids is 2. The molecule has 2 aromatic rings. The molecule has 0 heterocycles. The topological polar surface area (TPSA) is 49.4 Å². The van der Waals surface area contributed by atoms with Gasteiger partial charge in [-0.05, 0) is 36.4 Å². The van der Waals surface area contributed by atoms with Gasteiger partial charge in [0.25, 0.3) is 0 Å². The number of hydrogen-bond acceptors (Lipinski definition) is 2. The molecule has 24 heavy (non-hydrogen) atoms. The zero-order valence-corrected chi connectivity index (χ0v) is 14.7. The van der Waals surface area contributed by atoms with Crippen LogP contribution in [0.4, 0.5) is 15.8 Å². The van der Waals surface area contributed by atoms with Crippen molar-refractivity contribution in [3.05, 3.63) is 57.3 Å². The largest absolute Gasteiger partial charge is 0.323 e. The third-order valence-electron chi connectivity index (χ3n) is 3.10. The Morgan fingerprint density at radius 3 is 2.38 bits per heavy atom. The Hall–Kier alpha value is -1.82. The molecule has 0 saturated carbocycles. The average Bonchev–Trinajstić information content (AvgIpc) is 2.50. The Kier molecular flexibility index (Phi) is 6.04. The highest BCUT2D eigenvalue weighted by Crippen LogP contribution is 2.26. The molecule has 0 saturated heterocycles. The van der Waals surface area contributed by atoms with Gasteiger partial charge in [0.15, 0.2) is 0 Å². The van der Waals surface area contributed by atoms with E-state index in [4.69, 9.17) is 34.8 Å². The van der Waals surface area contributed by atoms with Crippen molar-refractivity contribution in [3.63, 3.8) is 0 Å². The summed E-state index contributed by atoms with van der Waals surface area (Å²) in [6.45, 7) is 1.01. The molecule has 2 amide bonds. The fourth-order valence-corrected chi connectivity index (χ4v) is 2.59. The minimum Gasteiger partial charge on any atom is -0.323 e. The summed E-state index contributed by atoms with van der Waals surface area (Å²) in [6, 6.07) is 8.38. The summed E-state index contributed by atoms with van der Waals surface area (Å²) in [5, 5.41) is 3.16. The van der Waals surface area contributed by atoms with E-state index in [1.807, 2.05) is 0 Å². The summed E-state index contributed by atoms with van der Waals surface area (Å²) in [6.07, 6.45) is 0. The maximum atomic E-state index is 13.3. The second kappa shape index (κ2) is 7.83. The van der Waals surface area contributed by atoms with Gasteiger partial charge < -0.3 is 10.2 Å². The van der Waals surface area contributed by atoms with E-state index in [0.717, 1.165) is 6.07 Å². The van der Waals surface area contributed by atoms with Gasteiger partial charge in [0.1, 0.15) is 12.4 Å². The van der Waals surface area contributed by atoms with Crippen LogP contribution in [0.3, 0.4) is 0 Å². The zero-order chi connectivity index (χ0) is 17.9. The molecule has 1 N–H and O–H groups in total. The molecule has 0 fully saturated rings. The van der Waals surface area contributed by atoms with Gasteiger partial charge in [-0.2, -0.15) is 0 Å². The number of hydrogen-bond donors (Lipinski definition) is 1. The third kappa shape index (κ3) is 4.60. The first-order valence-corrected chi connectivity index (χ1v) is 7.89. The normalized spacial score (nSPS) is 10.4. The molecule has 4 nitrogen and oxygen atoms in total. The van der Waals surface area contributed by atoms with Gasteiger partial charge in [-0.25, -0.2) is 4.39 Å². The zero-order valence-electron chi connectivity index (χ0n) is 12.4. The highest BCUT2D eigenvalue weighted by molar-refractivity contribution is 6.36. The van der Waals surface area contributed by atoms with Crippen LogP contribution < -0.4 is 10.2 Å². The predicted octanol–water partition coefficient (Wildman–Crippen LogP) is 4.78. The van der Waals surface area contributed by atoms with Gasteiger partial charge in [0.2, 0.25) is 11.8 Å². The number of benzene rings is 2. The summed E-state index contributed by atoms with van der Waals surface area (Å²) in [5.41, 5.74) is 0.679. The number of rotatable bonds is 4. The van der Waals surface area contributed by atoms with Crippen molar-refractivity contribution in [2.45, 2.75) is 6.92 Å². The molecule has 2 rings (SSSR count). The molecule has 0 unspecified atom stereocenters. The van der Waals surface area contributed by atoms with Crippen molar-refractivity contribution < 1.29 is 14.0 Å². The fraction of sp³-hybridized carbons (Fsp3) is 0.125. The molecule has 0 bridgehead atoms. The molecule has 2 aromatic carbocycles. The Bertz CT molecular complexity index is 799. The van der Waals surface area contributed by atoms with Gasteiger partial charge >= 0.3 is 0 Å². The standard InChI is InChI=1S/C16H12Cl3FN2O2/c1-9(23)22(11-3-4-14(20)12(18)7-11)8-16(24)21-15-5-2-10(17)6-13(15)19/h2-7H,8H2,1H3,(H,21,24). The molecule has 126 valence electrons. The highest BCUT2D eigenvalue weighted by Gasteiger charge is 2.18. The van der Waals surface area contributed by atoms with Gasteiger partial charge in [-0.1, -0.05) is 34.8 Å². The summed E-state index contributed by atoms with van der Waals surface area (Å²) >= 11 is 17.5. The van der Waals surface area contributed by atoms with Gasteiger partial charge in [0, 0.05) is 17.6 Å². The van der Waals surface area contributed by atoms with Crippen molar-refractivity contribution in [1.29, 1.82) is 0 Å². The molecule has 0 aromatic heterocycles.